The number of sulfonamides is 1. The molecule has 6 aromatic rings. The van der Waals surface area contributed by atoms with E-state index in [-0.39, 0.29) is 74.7 Å². The molecule has 4 aromatic heterocycles. The molecular formula is C56H63F3N10O10S. The Balaban J connectivity index is 0.802. The zero-order chi connectivity index (χ0) is 56.3. The minimum atomic E-state index is -4.78. The Labute approximate surface area is 460 Å². The number of nitro groups is 1. The Morgan fingerprint density at radius 1 is 1.00 bits per heavy atom. The number of carbonyl (C=O) groups excluding carboxylic acids is 1. The van der Waals surface area contributed by atoms with E-state index in [0.29, 0.717) is 82.2 Å². The number of nitrogens with one attached hydrogen (secondary N) is 3. The molecule has 1 spiro atoms. The second-order valence-electron chi connectivity index (χ2n) is 22.5. The van der Waals surface area contributed by atoms with Gasteiger partial charge in [-0.3, -0.25) is 24.7 Å². The van der Waals surface area contributed by atoms with Gasteiger partial charge >= 0.3 is 12.0 Å². The summed E-state index contributed by atoms with van der Waals surface area (Å²) < 4.78 is 94.5. The SMILES string of the molecule is COc1nc2[nH]cc(F)c2cc1Oc1cc(N2CCC3(CC2)CC(N2CCN(Cc4ccnc5c4OC(F)(F)O5)C[C@H]2c2ccccc2C(C)C)C3)ccc1C(=O)NS(=O)(=O)c1cnc(NCC2CCC(C)(O)CC2)c([N+](=O)[O-])c1. The summed E-state index contributed by atoms with van der Waals surface area (Å²) >= 11 is 0. The van der Waals surface area contributed by atoms with Crippen molar-refractivity contribution in [3.63, 3.8) is 0 Å². The fraction of sp³-hybridized carbons (Fsp3) is 0.464. The number of H-pyrrole nitrogens is 1. The molecule has 11 rings (SSSR count). The molecule has 4 fully saturated rings. The summed E-state index contributed by atoms with van der Waals surface area (Å²) in [6.45, 7) is 10.3. The third-order valence-electron chi connectivity index (χ3n) is 16.7. The largest absolute Gasteiger partial charge is 0.587 e. The van der Waals surface area contributed by atoms with Gasteiger partial charge in [0.1, 0.15) is 22.1 Å². The molecule has 1 amide bonds. The lowest BCUT2D eigenvalue weighted by Gasteiger charge is -2.58. The van der Waals surface area contributed by atoms with E-state index in [0.717, 1.165) is 50.7 Å². The monoisotopic (exact) mass is 1120 g/mol. The number of ether oxygens (including phenoxy) is 4. The number of aliphatic hydroxyl groups is 1. The van der Waals surface area contributed by atoms with Crippen molar-refractivity contribution in [2.45, 2.75) is 113 Å². The number of pyridine rings is 3. The molecule has 2 saturated heterocycles. The van der Waals surface area contributed by atoms with Crippen LogP contribution in [0.3, 0.4) is 0 Å². The summed E-state index contributed by atoms with van der Waals surface area (Å²) in [5.74, 6) is -1.93. The van der Waals surface area contributed by atoms with Gasteiger partial charge in [-0.05, 0) is 105 Å². The second-order valence-corrected chi connectivity index (χ2v) is 24.1. The first-order chi connectivity index (χ1) is 38.2. The molecule has 2 aliphatic carbocycles. The average Bonchev–Trinajstić information content (AvgIpc) is 4.10. The van der Waals surface area contributed by atoms with Crippen LogP contribution in [0.1, 0.15) is 111 Å². The number of anilines is 2. The summed E-state index contributed by atoms with van der Waals surface area (Å²) in [6.07, 6.45) is 5.99. The molecule has 24 heteroatoms. The first-order valence-corrected chi connectivity index (χ1v) is 28.4. The summed E-state index contributed by atoms with van der Waals surface area (Å²) in [7, 11) is -3.43. The Kier molecular flexibility index (Phi) is 14.6. The van der Waals surface area contributed by atoms with Crippen LogP contribution in [0.5, 0.6) is 29.0 Å². The van der Waals surface area contributed by atoms with Gasteiger partial charge in [-0.1, -0.05) is 38.1 Å². The standard InChI is InChI=1S/C56H63F3N10O10S/c1-33(2)39-7-5-6-8-40(39)45-32-66(31-35-13-18-60-53-48(35)78-56(58,59)79-53)21-22-68(45)37-26-55(27-37)16-19-67(20-17-55)36-9-10-41(46(23-36)77-47-25-42-43(57)30-63-49(42)64-52(47)76-4)51(70)65-80(74,75)38-24-44(69(72)73)50(62-29-38)61-28-34-11-14-54(3,71)15-12-34/h5-10,13,18,23-25,29-30,33-34,37,45,71H,11-12,14-17,19-22,26-28,31-32H2,1-4H3,(H,61,62)(H,63,64)(H,65,70)/t34?,45-,54?/m0/s1. The fourth-order valence-electron chi connectivity index (χ4n) is 12.3. The third-order valence-corrected chi connectivity index (χ3v) is 18.0. The Bertz CT molecular complexity index is 3450. The second kappa shape index (κ2) is 21.3. The quantitative estimate of drug-likeness (QED) is 0.0521. The molecule has 1 atom stereocenters. The number of halogens is 3. The van der Waals surface area contributed by atoms with Crippen molar-refractivity contribution in [2.24, 2.45) is 11.3 Å². The van der Waals surface area contributed by atoms with Crippen LogP contribution in [0.15, 0.2) is 84.1 Å². The van der Waals surface area contributed by atoms with Gasteiger partial charge in [-0.25, -0.2) is 27.5 Å². The van der Waals surface area contributed by atoms with Crippen molar-refractivity contribution in [1.29, 1.82) is 0 Å². The van der Waals surface area contributed by atoms with E-state index in [9.17, 15) is 41.6 Å². The van der Waals surface area contributed by atoms with Crippen LogP contribution in [0.2, 0.25) is 0 Å². The maximum Gasteiger partial charge on any atom is 0.587 e. The van der Waals surface area contributed by atoms with E-state index >= 15 is 0 Å². The molecule has 0 unspecified atom stereocenters. The van der Waals surface area contributed by atoms with E-state index < -0.39 is 49.1 Å². The molecular weight excluding hydrogens is 1060 g/mol. The lowest BCUT2D eigenvalue weighted by atomic mass is 9.59. The molecule has 80 heavy (non-hydrogen) atoms. The van der Waals surface area contributed by atoms with Crippen LogP contribution in [-0.4, -0.2) is 118 Å². The van der Waals surface area contributed by atoms with Crippen molar-refractivity contribution in [3.05, 3.63) is 117 Å². The number of piperazine rings is 1. The zero-order valence-corrected chi connectivity index (χ0v) is 45.5. The lowest BCUT2D eigenvalue weighted by Crippen LogP contribution is -2.60. The number of rotatable bonds is 16. The molecule has 2 saturated carbocycles. The molecule has 2 aromatic carbocycles. The first kappa shape index (κ1) is 54.7. The molecule has 7 heterocycles. The summed E-state index contributed by atoms with van der Waals surface area (Å²) in [5.41, 5.74) is 2.43. The van der Waals surface area contributed by atoms with Crippen molar-refractivity contribution in [2.75, 3.05) is 56.6 Å². The van der Waals surface area contributed by atoms with Crippen LogP contribution >= 0.6 is 0 Å². The van der Waals surface area contributed by atoms with Crippen LogP contribution in [0.4, 0.5) is 30.4 Å². The van der Waals surface area contributed by atoms with Crippen molar-refractivity contribution in [3.8, 4) is 29.0 Å². The number of nitrogens with zero attached hydrogens (tertiary/aromatic N) is 7. The molecule has 4 N–H and O–H groups in total. The third kappa shape index (κ3) is 11.1. The topological polar surface area (TPSA) is 240 Å². The maximum atomic E-state index is 14.9. The van der Waals surface area contributed by atoms with Crippen molar-refractivity contribution >= 4 is 44.2 Å². The number of methoxy groups -OCH3 is 1. The highest BCUT2D eigenvalue weighted by Gasteiger charge is 2.51. The molecule has 0 bridgehead atoms. The minimum absolute atomic E-state index is 0.0322. The van der Waals surface area contributed by atoms with Crippen LogP contribution in [0, 0.1) is 27.3 Å². The number of fused-ring (bicyclic) bond motifs is 2. The average molecular weight is 1130 g/mol. The van der Waals surface area contributed by atoms with Crippen molar-refractivity contribution < 1.29 is 55.4 Å². The number of aromatic amines is 1. The van der Waals surface area contributed by atoms with Gasteiger partial charge in [0.25, 0.3) is 27.7 Å². The predicted octanol–water partition coefficient (Wildman–Crippen LogP) is 9.43. The molecule has 5 aliphatic rings. The van der Waals surface area contributed by atoms with Gasteiger partial charge in [0.05, 0.1) is 34.8 Å². The van der Waals surface area contributed by atoms with E-state index in [1.54, 1.807) is 25.1 Å². The Morgan fingerprint density at radius 3 is 2.50 bits per heavy atom. The van der Waals surface area contributed by atoms with E-state index in [1.165, 1.54) is 36.6 Å². The molecule has 0 radical (unpaired) electrons. The summed E-state index contributed by atoms with van der Waals surface area (Å²) in [6, 6.07) is 17.5. The van der Waals surface area contributed by atoms with Crippen LogP contribution in [-0.2, 0) is 16.6 Å². The smallest absolute Gasteiger partial charge is 0.478 e. The van der Waals surface area contributed by atoms with Gasteiger partial charge in [0.15, 0.2) is 11.5 Å². The van der Waals surface area contributed by atoms with Gasteiger partial charge in [-0.15, -0.1) is 8.78 Å². The zero-order valence-electron chi connectivity index (χ0n) is 44.7. The van der Waals surface area contributed by atoms with Crippen LogP contribution < -0.4 is 33.9 Å². The molecule has 20 nitrogen and oxygen atoms in total. The number of amides is 1. The first-order valence-electron chi connectivity index (χ1n) is 26.9. The number of aromatic nitrogens is 4. The van der Waals surface area contributed by atoms with Gasteiger partial charge in [-0.2, -0.15) is 4.98 Å². The van der Waals surface area contributed by atoms with Gasteiger partial charge < -0.3 is 39.3 Å². The number of hydrogen-bond donors (Lipinski definition) is 4. The summed E-state index contributed by atoms with van der Waals surface area (Å²) in [4.78, 5) is 47.3. The van der Waals surface area contributed by atoms with E-state index in [2.05, 4.69) is 82.8 Å². The number of carbonyl (C=O) groups is 1. The highest BCUT2D eigenvalue weighted by atomic mass is 32.2. The Morgan fingerprint density at radius 2 is 1.76 bits per heavy atom. The van der Waals surface area contributed by atoms with E-state index in [4.69, 9.17) is 14.2 Å². The van der Waals surface area contributed by atoms with Gasteiger partial charge in [0.2, 0.25) is 5.82 Å². The highest BCUT2D eigenvalue weighted by Crippen LogP contribution is 2.54. The highest BCUT2D eigenvalue weighted by molar-refractivity contribution is 7.90. The Hall–Kier alpha value is -7.28. The predicted molar refractivity (Wildman–Crippen MR) is 288 cm³/mol. The number of alkyl halides is 2. The number of benzene rings is 2. The molecule has 424 valence electrons. The van der Waals surface area contributed by atoms with Crippen LogP contribution in [0.25, 0.3) is 11.0 Å². The van der Waals surface area contributed by atoms with E-state index in [1.807, 2.05) is 4.72 Å². The number of piperidine rings is 1. The molecule has 3 aliphatic heterocycles. The van der Waals surface area contributed by atoms with Gasteiger partial charge in [0, 0.05) is 99.7 Å². The lowest BCUT2D eigenvalue weighted by molar-refractivity contribution is -0.384. The fourth-order valence-corrected chi connectivity index (χ4v) is 13.2. The maximum absolute atomic E-state index is 14.9. The normalized spacial score (nSPS) is 22.1. The van der Waals surface area contributed by atoms with Crippen molar-refractivity contribution in [1.82, 2.24) is 34.5 Å². The minimum Gasteiger partial charge on any atom is -0.478 e. The number of hydrogen-bond acceptors (Lipinski definition) is 17. The summed E-state index contributed by atoms with van der Waals surface area (Å²) in [5, 5.41) is 25.6.